The fourth-order valence-corrected chi connectivity index (χ4v) is 1.95. The van der Waals surface area contributed by atoms with Crippen LogP contribution in [0.1, 0.15) is 18.0 Å². The summed E-state index contributed by atoms with van der Waals surface area (Å²) in [6, 6.07) is 0.146. The molecule has 1 unspecified atom stereocenters. The molecule has 0 fully saturated rings. The predicted molar refractivity (Wildman–Crippen MR) is 66.1 cm³/mol. The smallest absolute Gasteiger partial charge is 0.166 e. The van der Waals surface area contributed by atoms with Gasteiger partial charge in [-0.05, 0) is 19.1 Å². The van der Waals surface area contributed by atoms with E-state index in [0.717, 1.165) is 5.01 Å². The lowest BCUT2D eigenvalue weighted by Crippen LogP contribution is -2.38. The zero-order valence-electron chi connectivity index (χ0n) is 8.82. The molecule has 0 spiro atoms. The summed E-state index contributed by atoms with van der Waals surface area (Å²) >= 11 is 6.73. The Balaban J connectivity index is 2.26. The molecular formula is C9H15N3OS2. The van der Waals surface area contributed by atoms with Crippen LogP contribution in [0.4, 0.5) is 0 Å². The van der Waals surface area contributed by atoms with Crippen molar-refractivity contribution in [2.75, 3.05) is 20.3 Å². The van der Waals surface area contributed by atoms with Gasteiger partial charge >= 0.3 is 0 Å². The molecule has 0 bridgehead atoms. The minimum atomic E-state index is 0.146. The molecule has 1 atom stereocenters. The van der Waals surface area contributed by atoms with Crippen LogP contribution in [0.25, 0.3) is 0 Å². The van der Waals surface area contributed by atoms with Crippen LogP contribution in [0, 0.1) is 0 Å². The number of ether oxygens (including phenoxy) is 1. The Hall–Kier alpha value is -0.720. The van der Waals surface area contributed by atoms with Gasteiger partial charge < -0.3 is 15.4 Å². The number of nitrogens with one attached hydrogen (secondary N) is 2. The Bertz CT molecular complexity index is 290. The van der Waals surface area contributed by atoms with Crippen LogP contribution in [-0.4, -0.2) is 30.4 Å². The normalized spacial score (nSPS) is 12.1. The van der Waals surface area contributed by atoms with E-state index in [9.17, 15) is 0 Å². The van der Waals surface area contributed by atoms with Crippen molar-refractivity contribution < 1.29 is 4.74 Å². The summed E-state index contributed by atoms with van der Waals surface area (Å²) in [6.07, 6.45) is 1.79. The van der Waals surface area contributed by atoms with Crippen LogP contribution in [-0.2, 0) is 4.74 Å². The summed E-state index contributed by atoms with van der Waals surface area (Å²) in [5.74, 6) is 0. The molecule has 0 amide bonds. The number of rotatable bonds is 5. The Kier molecular flexibility index (Phi) is 5.52. The Labute approximate surface area is 99.1 Å². The third kappa shape index (κ3) is 4.55. The second kappa shape index (κ2) is 6.71. The summed E-state index contributed by atoms with van der Waals surface area (Å²) in [5.41, 5.74) is 0. The van der Waals surface area contributed by atoms with Crippen molar-refractivity contribution >= 4 is 28.7 Å². The molecule has 15 heavy (non-hydrogen) atoms. The number of methoxy groups -OCH3 is 1. The van der Waals surface area contributed by atoms with Crippen LogP contribution in [0.2, 0.25) is 0 Å². The van der Waals surface area contributed by atoms with Crippen LogP contribution >= 0.6 is 23.6 Å². The first kappa shape index (κ1) is 12.4. The van der Waals surface area contributed by atoms with Crippen molar-refractivity contribution in [2.45, 2.75) is 13.0 Å². The SMILES string of the molecule is COCCNC(=S)NC(C)c1nccs1. The van der Waals surface area contributed by atoms with Crippen LogP contribution in [0.15, 0.2) is 11.6 Å². The molecule has 1 aromatic heterocycles. The highest BCUT2D eigenvalue weighted by atomic mass is 32.1. The Morgan fingerprint density at radius 2 is 2.53 bits per heavy atom. The quantitative estimate of drug-likeness (QED) is 0.605. The molecule has 0 aliphatic carbocycles. The third-order valence-electron chi connectivity index (χ3n) is 1.76. The second-order valence-electron chi connectivity index (χ2n) is 2.99. The number of aromatic nitrogens is 1. The van der Waals surface area contributed by atoms with Crippen molar-refractivity contribution in [3.8, 4) is 0 Å². The van der Waals surface area contributed by atoms with E-state index in [1.54, 1.807) is 24.6 Å². The standard InChI is InChI=1S/C9H15N3OS2/c1-7(8-10-4-6-15-8)12-9(14)11-3-5-13-2/h4,6-7H,3,5H2,1-2H3,(H2,11,12,14). The van der Waals surface area contributed by atoms with Crippen molar-refractivity contribution in [1.82, 2.24) is 15.6 Å². The van der Waals surface area contributed by atoms with E-state index in [0.29, 0.717) is 18.3 Å². The largest absolute Gasteiger partial charge is 0.383 e. The zero-order chi connectivity index (χ0) is 11.1. The molecule has 0 aliphatic rings. The number of nitrogens with zero attached hydrogens (tertiary/aromatic N) is 1. The van der Waals surface area contributed by atoms with Gasteiger partial charge in [-0.15, -0.1) is 11.3 Å². The molecule has 84 valence electrons. The van der Waals surface area contributed by atoms with E-state index in [1.165, 1.54) is 0 Å². The van der Waals surface area contributed by atoms with Crippen LogP contribution < -0.4 is 10.6 Å². The van der Waals surface area contributed by atoms with Crippen molar-refractivity contribution in [3.63, 3.8) is 0 Å². The molecule has 0 aromatic carbocycles. The average Bonchev–Trinajstić information content (AvgIpc) is 2.70. The molecular weight excluding hydrogens is 230 g/mol. The highest BCUT2D eigenvalue weighted by Gasteiger charge is 2.08. The summed E-state index contributed by atoms with van der Waals surface area (Å²) in [4.78, 5) is 4.21. The summed E-state index contributed by atoms with van der Waals surface area (Å²) in [5, 5.41) is 9.82. The number of hydrogen-bond donors (Lipinski definition) is 2. The van der Waals surface area contributed by atoms with Crippen LogP contribution in [0.3, 0.4) is 0 Å². The van der Waals surface area contributed by atoms with Gasteiger partial charge in [-0.25, -0.2) is 4.98 Å². The molecule has 0 radical (unpaired) electrons. The molecule has 1 aromatic rings. The lowest BCUT2D eigenvalue weighted by Gasteiger charge is -2.14. The van der Waals surface area contributed by atoms with E-state index in [2.05, 4.69) is 15.6 Å². The summed E-state index contributed by atoms with van der Waals surface area (Å²) in [6.45, 7) is 3.39. The van der Waals surface area contributed by atoms with Gasteiger partial charge in [0.05, 0.1) is 12.6 Å². The molecule has 1 rings (SSSR count). The lowest BCUT2D eigenvalue weighted by molar-refractivity contribution is 0.204. The van der Waals surface area contributed by atoms with Gasteiger partial charge in [0.2, 0.25) is 0 Å². The maximum atomic E-state index is 5.12. The highest BCUT2D eigenvalue weighted by Crippen LogP contribution is 2.13. The van der Waals surface area contributed by atoms with Gasteiger partial charge in [-0.2, -0.15) is 0 Å². The number of hydrogen-bond acceptors (Lipinski definition) is 4. The first-order chi connectivity index (χ1) is 7.24. The molecule has 0 aliphatic heterocycles. The topological polar surface area (TPSA) is 46.2 Å². The second-order valence-corrected chi connectivity index (χ2v) is 4.32. The molecule has 0 saturated heterocycles. The first-order valence-electron chi connectivity index (χ1n) is 4.66. The van der Waals surface area contributed by atoms with E-state index in [1.807, 2.05) is 12.3 Å². The van der Waals surface area contributed by atoms with E-state index in [4.69, 9.17) is 17.0 Å². The summed E-state index contributed by atoms with van der Waals surface area (Å²) < 4.78 is 4.91. The molecule has 0 saturated carbocycles. The average molecular weight is 245 g/mol. The van der Waals surface area contributed by atoms with Gasteiger partial charge in [0.15, 0.2) is 5.11 Å². The van der Waals surface area contributed by atoms with E-state index >= 15 is 0 Å². The highest BCUT2D eigenvalue weighted by molar-refractivity contribution is 7.80. The third-order valence-corrected chi connectivity index (χ3v) is 2.98. The molecule has 6 heteroatoms. The Morgan fingerprint density at radius 1 is 1.73 bits per heavy atom. The van der Waals surface area contributed by atoms with Gasteiger partial charge in [0.25, 0.3) is 0 Å². The number of thiocarbonyl (C=S) groups is 1. The van der Waals surface area contributed by atoms with E-state index < -0.39 is 0 Å². The van der Waals surface area contributed by atoms with Crippen molar-refractivity contribution in [2.24, 2.45) is 0 Å². The van der Waals surface area contributed by atoms with Gasteiger partial charge in [0.1, 0.15) is 5.01 Å². The minimum Gasteiger partial charge on any atom is -0.383 e. The summed E-state index contributed by atoms with van der Waals surface area (Å²) in [7, 11) is 1.66. The zero-order valence-corrected chi connectivity index (χ0v) is 10.5. The van der Waals surface area contributed by atoms with Gasteiger partial charge in [0, 0.05) is 25.2 Å². The van der Waals surface area contributed by atoms with Crippen molar-refractivity contribution in [3.05, 3.63) is 16.6 Å². The molecule has 2 N–H and O–H groups in total. The Morgan fingerprint density at radius 3 is 3.13 bits per heavy atom. The predicted octanol–water partition coefficient (Wildman–Crippen LogP) is 1.31. The van der Waals surface area contributed by atoms with E-state index in [-0.39, 0.29) is 6.04 Å². The van der Waals surface area contributed by atoms with Crippen molar-refractivity contribution in [1.29, 1.82) is 0 Å². The molecule has 1 heterocycles. The maximum absolute atomic E-state index is 5.12. The molecule has 4 nitrogen and oxygen atoms in total. The van der Waals surface area contributed by atoms with Gasteiger partial charge in [-0.1, -0.05) is 0 Å². The minimum absolute atomic E-state index is 0.146. The lowest BCUT2D eigenvalue weighted by atomic mass is 10.4. The fourth-order valence-electron chi connectivity index (χ4n) is 1.02. The van der Waals surface area contributed by atoms with Crippen LogP contribution in [0.5, 0.6) is 0 Å². The fraction of sp³-hybridized carbons (Fsp3) is 0.556. The number of thiazole rings is 1. The maximum Gasteiger partial charge on any atom is 0.166 e. The monoisotopic (exact) mass is 245 g/mol. The van der Waals surface area contributed by atoms with Gasteiger partial charge in [-0.3, -0.25) is 0 Å². The first-order valence-corrected chi connectivity index (χ1v) is 5.95.